The van der Waals surface area contributed by atoms with E-state index in [0.29, 0.717) is 12.5 Å². The monoisotopic (exact) mass is 238 g/mol. The maximum absolute atomic E-state index is 11.6. The van der Waals surface area contributed by atoms with Gasteiger partial charge in [-0.15, -0.1) is 0 Å². The van der Waals surface area contributed by atoms with Crippen LogP contribution in [0.4, 0.5) is 0 Å². The predicted molar refractivity (Wildman–Crippen MR) is 66.9 cm³/mol. The molecule has 4 nitrogen and oxygen atoms in total. The molecule has 1 N–H and O–H groups in total. The van der Waals surface area contributed by atoms with Crippen LogP contribution in [0.5, 0.6) is 0 Å². The Balaban J connectivity index is 2.65. The molecule has 0 aliphatic heterocycles. The smallest absolute Gasteiger partial charge is 0.167 e. The number of aromatic nitrogens is 2. The van der Waals surface area contributed by atoms with Gasteiger partial charge in [-0.1, -0.05) is 20.8 Å². The summed E-state index contributed by atoms with van der Waals surface area (Å²) in [5.41, 5.74) is 0.745. The SMILES string of the molecule is CCC(O)C(=O)Cc1ccn(C(CC)CC)n1. The molecule has 0 saturated heterocycles. The van der Waals surface area contributed by atoms with E-state index in [9.17, 15) is 9.90 Å². The van der Waals surface area contributed by atoms with Gasteiger partial charge in [-0.2, -0.15) is 5.10 Å². The van der Waals surface area contributed by atoms with E-state index in [2.05, 4.69) is 18.9 Å². The van der Waals surface area contributed by atoms with Crippen molar-refractivity contribution in [1.29, 1.82) is 0 Å². The van der Waals surface area contributed by atoms with E-state index >= 15 is 0 Å². The molecule has 1 unspecified atom stereocenters. The number of aliphatic hydroxyl groups excluding tert-OH is 1. The van der Waals surface area contributed by atoms with Crippen molar-refractivity contribution in [3.8, 4) is 0 Å². The van der Waals surface area contributed by atoms with Crippen LogP contribution >= 0.6 is 0 Å². The van der Waals surface area contributed by atoms with E-state index in [-0.39, 0.29) is 12.2 Å². The number of Topliss-reactive ketones (excluding diaryl/α,β-unsaturated/α-hetero) is 1. The third-order valence-electron chi connectivity index (χ3n) is 3.09. The molecule has 0 amide bonds. The highest BCUT2D eigenvalue weighted by molar-refractivity contribution is 5.84. The maximum Gasteiger partial charge on any atom is 0.167 e. The Morgan fingerprint density at radius 1 is 1.35 bits per heavy atom. The third kappa shape index (κ3) is 3.66. The van der Waals surface area contributed by atoms with Crippen molar-refractivity contribution in [3.05, 3.63) is 18.0 Å². The molecule has 0 saturated carbocycles. The molecule has 0 aromatic carbocycles. The van der Waals surface area contributed by atoms with Crippen LogP contribution < -0.4 is 0 Å². The molecule has 1 aromatic heterocycles. The molecule has 17 heavy (non-hydrogen) atoms. The van der Waals surface area contributed by atoms with Gasteiger partial charge in [0.15, 0.2) is 5.78 Å². The van der Waals surface area contributed by atoms with Gasteiger partial charge in [0.25, 0.3) is 0 Å². The van der Waals surface area contributed by atoms with Crippen LogP contribution in [0.15, 0.2) is 12.3 Å². The lowest BCUT2D eigenvalue weighted by molar-refractivity contribution is -0.126. The molecule has 1 atom stereocenters. The number of hydrogen-bond acceptors (Lipinski definition) is 3. The first-order valence-corrected chi connectivity index (χ1v) is 6.37. The molecule has 0 aliphatic rings. The van der Waals surface area contributed by atoms with E-state index < -0.39 is 6.10 Å². The molecule has 0 bridgehead atoms. The lowest BCUT2D eigenvalue weighted by atomic mass is 10.1. The van der Waals surface area contributed by atoms with Crippen LogP contribution in [0.3, 0.4) is 0 Å². The second kappa shape index (κ2) is 6.55. The second-order valence-electron chi connectivity index (χ2n) is 4.32. The van der Waals surface area contributed by atoms with Crippen molar-refractivity contribution < 1.29 is 9.90 Å². The van der Waals surface area contributed by atoms with Crippen LogP contribution in [0.2, 0.25) is 0 Å². The van der Waals surface area contributed by atoms with Gasteiger partial charge in [-0.3, -0.25) is 9.48 Å². The fourth-order valence-corrected chi connectivity index (χ4v) is 1.86. The molecule has 0 radical (unpaired) electrons. The summed E-state index contributed by atoms with van der Waals surface area (Å²) in [5, 5.41) is 13.8. The van der Waals surface area contributed by atoms with Crippen LogP contribution in [0.25, 0.3) is 0 Å². The fourth-order valence-electron chi connectivity index (χ4n) is 1.86. The molecular weight excluding hydrogens is 216 g/mol. The quantitative estimate of drug-likeness (QED) is 0.791. The van der Waals surface area contributed by atoms with E-state index in [1.54, 1.807) is 6.92 Å². The van der Waals surface area contributed by atoms with E-state index in [1.165, 1.54) is 0 Å². The Labute approximate surface area is 103 Å². The number of aliphatic hydroxyl groups is 1. The molecule has 1 aromatic rings. The Hall–Kier alpha value is -1.16. The van der Waals surface area contributed by atoms with Gasteiger partial charge in [-0.25, -0.2) is 0 Å². The summed E-state index contributed by atoms with van der Waals surface area (Å²) in [5.74, 6) is -0.151. The molecular formula is C13H22N2O2. The summed E-state index contributed by atoms with van der Waals surface area (Å²) in [6, 6.07) is 2.26. The first-order valence-electron chi connectivity index (χ1n) is 6.37. The Bertz CT molecular complexity index is 356. The highest BCUT2D eigenvalue weighted by atomic mass is 16.3. The molecule has 1 heterocycles. The highest BCUT2D eigenvalue weighted by Crippen LogP contribution is 2.14. The standard InChI is InChI=1S/C13H22N2O2/c1-4-11(5-2)15-8-7-10(14-15)9-13(17)12(16)6-3/h7-8,11-12,16H,4-6,9H2,1-3H3. The average Bonchev–Trinajstić information content (AvgIpc) is 2.78. The van der Waals surface area contributed by atoms with Gasteiger partial charge in [-0.05, 0) is 25.3 Å². The lowest BCUT2D eigenvalue weighted by Gasteiger charge is -2.12. The van der Waals surface area contributed by atoms with Gasteiger partial charge in [0.05, 0.1) is 18.2 Å². The van der Waals surface area contributed by atoms with E-state index in [1.807, 2.05) is 16.9 Å². The largest absolute Gasteiger partial charge is 0.385 e. The van der Waals surface area contributed by atoms with Crippen molar-refractivity contribution in [2.75, 3.05) is 0 Å². The number of ketones is 1. The molecule has 4 heteroatoms. The minimum Gasteiger partial charge on any atom is -0.385 e. The first kappa shape index (κ1) is 13.9. The average molecular weight is 238 g/mol. The number of rotatable bonds is 7. The lowest BCUT2D eigenvalue weighted by Crippen LogP contribution is -2.21. The normalized spacial score (nSPS) is 13.0. The molecule has 1 rings (SSSR count). The third-order valence-corrected chi connectivity index (χ3v) is 3.09. The van der Waals surface area contributed by atoms with Gasteiger partial charge in [0.2, 0.25) is 0 Å². The van der Waals surface area contributed by atoms with Crippen molar-refractivity contribution in [2.45, 2.75) is 58.6 Å². The van der Waals surface area contributed by atoms with E-state index in [4.69, 9.17) is 0 Å². The van der Waals surface area contributed by atoms with Gasteiger partial charge in [0.1, 0.15) is 6.10 Å². The van der Waals surface area contributed by atoms with Crippen LogP contribution in [-0.4, -0.2) is 26.8 Å². The summed E-state index contributed by atoms with van der Waals surface area (Å²) in [6.07, 6.45) is 3.81. The van der Waals surface area contributed by atoms with Gasteiger partial charge >= 0.3 is 0 Å². The van der Waals surface area contributed by atoms with Crippen molar-refractivity contribution in [1.82, 2.24) is 9.78 Å². The topological polar surface area (TPSA) is 55.1 Å². The molecule has 96 valence electrons. The van der Waals surface area contributed by atoms with Crippen molar-refractivity contribution in [3.63, 3.8) is 0 Å². The van der Waals surface area contributed by atoms with Crippen LogP contribution in [-0.2, 0) is 11.2 Å². The Kier molecular flexibility index (Phi) is 5.35. The molecule has 0 spiro atoms. The summed E-state index contributed by atoms with van der Waals surface area (Å²) in [6.45, 7) is 6.05. The zero-order valence-corrected chi connectivity index (χ0v) is 10.9. The minimum atomic E-state index is -0.853. The van der Waals surface area contributed by atoms with Crippen LogP contribution in [0, 0.1) is 0 Å². The summed E-state index contributed by atoms with van der Waals surface area (Å²) in [7, 11) is 0. The molecule has 0 fully saturated rings. The summed E-state index contributed by atoms with van der Waals surface area (Å²) in [4.78, 5) is 11.6. The van der Waals surface area contributed by atoms with Crippen molar-refractivity contribution >= 4 is 5.78 Å². The zero-order chi connectivity index (χ0) is 12.8. The zero-order valence-electron chi connectivity index (χ0n) is 10.9. The van der Waals surface area contributed by atoms with Gasteiger partial charge < -0.3 is 5.11 Å². The maximum atomic E-state index is 11.6. The van der Waals surface area contributed by atoms with Crippen molar-refractivity contribution in [2.24, 2.45) is 0 Å². The highest BCUT2D eigenvalue weighted by Gasteiger charge is 2.15. The number of carbonyl (C=O) groups excluding carboxylic acids is 1. The Morgan fingerprint density at radius 3 is 2.53 bits per heavy atom. The minimum absolute atomic E-state index is 0.151. The summed E-state index contributed by atoms with van der Waals surface area (Å²) >= 11 is 0. The molecule has 0 aliphatic carbocycles. The van der Waals surface area contributed by atoms with Crippen LogP contribution in [0.1, 0.15) is 51.8 Å². The van der Waals surface area contributed by atoms with Gasteiger partial charge in [0, 0.05) is 6.20 Å². The van der Waals surface area contributed by atoms with E-state index in [0.717, 1.165) is 18.5 Å². The predicted octanol–water partition coefficient (Wildman–Crippen LogP) is 2.13. The number of carbonyl (C=O) groups is 1. The first-order chi connectivity index (χ1) is 8.12. The second-order valence-corrected chi connectivity index (χ2v) is 4.32. The fraction of sp³-hybridized carbons (Fsp3) is 0.692. The summed E-state index contributed by atoms with van der Waals surface area (Å²) < 4.78 is 1.92. The number of hydrogen-bond donors (Lipinski definition) is 1. The number of nitrogens with zero attached hydrogens (tertiary/aromatic N) is 2. The Morgan fingerprint density at radius 2 is 2.00 bits per heavy atom.